The van der Waals surface area contributed by atoms with E-state index in [1.54, 1.807) is 31.2 Å². The van der Waals surface area contributed by atoms with Crippen molar-refractivity contribution in [2.24, 2.45) is 0 Å². The van der Waals surface area contributed by atoms with Crippen LogP contribution in [0.3, 0.4) is 0 Å². The number of aromatic nitrogens is 1. The molecule has 1 amide bonds. The topological polar surface area (TPSA) is 81.4 Å². The van der Waals surface area contributed by atoms with Gasteiger partial charge in [-0.2, -0.15) is 0 Å². The van der Waals surface area contributed by atoms with E-state index in [2.05, 4.69) is 10.5 Å². The van der Waals surface area contributed by atoms with Crippen molar-refractivity contribution in [2.75, 3.05) is 6.61 Å². The summed E-state index contributed by atoms with van der Waals surface area (Å²) in [4.78, 5) is 24.3. The molecule has 0 unspecified atom stereocenters. The number of hydrogen-bond acceptors (Lipinski definition) is 5. The summed E-state index contributed by atoms with van der Waals surface area (Å²) in [7, 11) is 0. The summed E-state index contributed by atoms with van der Waals surface area (Å²) >= 11 is 6.16. The van der Waals surface area contributed by atoms with E-state index in [0.29, 0.717) is 22.0 Å². The van der Waals surface area contributed by atoms with Crippen LogP contribution in [0.15, 0.2) is 28.8 Å². The quantitative estimate of drug-likeness (QED) is 0.756. The van der Waals surface area contributed by atoms with Gasteiger partial charge in [-0.1, -0.05) is 48.3 Å². The van der Waals surface area contributed by atoms with E-state index in [4.69, 9.17) is 20.9 Å². The lowest BCUT2D eigenvalue weighted by molar-refractivity contribution is -0.124. The molecule has 0 fully saturated rings. The number of carbonyl (C=O) groups is 2. The Balaban J connectivity index is 2.09. The molecular weight excluding hydrogens is 344 g/mol. The molecular formula is C18H21ClN2O4. The summed E-state index contributed by atoms with van der Waals surface area (Å²) in [6.07, 6.45) is 1.82. The molecule has 1 aromatic carbocycles. The van der Waals surface area contributed by atoms with Gasteiger partial charge in [0.2, 0.25) is 0 Å². The number of ether oxygens (including phenoxy) is 1. The number of halogens is 1. The maximum Gasteiger partial charge on any atom is 0.344 e. The first-order valence-corrected chi connectivity index (χ1v) is 8.49. The highest BCUT2D eigenvalue weighted by Crippen LogP contribution is 2.31. The third-order valence-electron chi connectivity index (χ3n) is 3.66. The highest BCUT2D eigenvalue weighted by molar-refractivity contribution is 6.33. The number of aryl methyl sites for hydroxylation is 1. The monoisotopic (exact) mass is 364 g/mol. The van der Waals surface area contributed by atoms with Crippen molar-refractivity contribution < 1.29 is 18.8 Å². The van der Waals surface area contributed by atoms with Gasteiger partial charge in [-0.15, -0.1) is 0 Å². The Morgan fingerprint density at radius 3 is 2.76 bits per heavy atom. The van der Waals surface area contributed by atoms with Gasteiger partial charge in [0.15, 0.2) is 6.61 Å². The number of carbonyl (C=O) groups excluding carboxylic acids is 2. The molecule has 0 saturated carbocycles. The van der Waals surface area contributed by atoms with Crippen molar-refractivity contribution in [2.45, 2.75) is 39.7 Å². The Morgan fingerprint density at radius 2 is 2.08 bits per heavy atom. The first-order valence-electron chi connectivity index (χ1n) is 8.11. The predicted molar refractivity (Wildman–Crippen MR) is 94.5 cm³/mol. The van der Waals surface area contributed by atoms with Crippen LogP contribution in [-0.2, 0) is 9.53 Å². The Kier molecular flexibility index (Phi) is 6.58. The number of nitrogens with one attached hydrogen (secondary N) is 1. The molecule has 0 aliphatic rings. The summed E-state index contributed by atoms with van der Waals surface area (Å²) in [5.41, 5.74) is 1.03. The van der Waals surface area contributed by atoms with Crippen molar-refractivity contribution in [3.05, 3.63) is 40.6 Å². The van der Waals surface area contributed by atoms with Gasteiger partial charge < -0.3 is 14.6 Å². The largest absolute Gasteiger partial charge is 0.452 e. The van der Waals surface area contributed by atoms with Crippen LogP contribution in [0.2, 0.25) is 5.02 Å². The molecule has 0 bridgehead atoms. The van der Waals surface area contributed by atoms with Crippen LogP contribution < -0.4 is 5.32 Å². The number of benzene rings is 1. The van der Waals surface area contributed by atoms with Crippen LogP contribution in [0, 0.1) is 6.92 Å². The number of esters is 1. The summed E-state index contributed by atoms with van der Waals surface area (Å²) in [5.74, 6) is -0.714. The number of nitrogens with zero attached hydrogens (tertiary/aromatic N) is 1. The minimum absolute atomic E-state index is 0.0345. The van der Waals surface area contributed by atoms with Gasteiger partial charge in [0.1, 0.15) is 17.0 Å². The van der Waals surface area contributed by atoms with E-state index < -0.39 is 5.97 Å². The van der Waals surface area contributed by atoms with Gasteiger partial charge in [-0.05, 0) is 26.3 Å². The first kappa shape index (κ1) is 19.0. The van der Waals surface area contributed by atoms with E-state index in [0.717, 1.165) is 12.8 Å². The lowest BCUT2D eigenvalue weighted by Crippen LogP contribution is -2.35. The highest BCUT2D eigenvalue weighted by Gasteiger charge is 2.25. The molecule has 7 heteroatoms. The normalized spacial score (nSPS) is 11.8. The van der Waals surface area contributed by atoms with Crippen molar-refractivity contribution >= 4 is 23.5 Å². The van der Waals surface area contributed by atoms with Crippen LogP contribution in [0.5, 0.6) is 0 Å². The smallest absolute Gasteiger partial charge is 0.344 e. The zero-order valence-electron chi connectivity index (χ0n) is 14.5. The summed E-state index contributed by atoms with van der Waals surface area (Å²) in [5, 5.41) is 7.12. The van der Waals surface area contributed by atoms with E-state index in [1.807, 2.05) is 13.8 Å². The maximum absolute atomic E-state index is 12.4. The van der Waals surface area contributed by atoms with Crippen molar-refractivity contribution in [3.8, 4) is 11.3 Å². The van der Waals surface area contributed by atoms with Crippen LogP contribution in [-0.4, -0.2) is 29.7 Å². The standard InChI is InChI=1S/C18H21ClN2O4/c1-4-7-11(2)20-15(22)10-24-18(23)16-12(3)25-21-17(16)13-8-5-6-9-14(13)19/h5-6,8-9,11H,4,7,10H2,1-3H3,(H,20,22)/t11-/m1/s1. The highest BCUT2D eigenvalue weighted by atomic mass is 35.5. The molecule has 0 aliphatic carbocycles. The second-order valence-electron chi connectivity index (χ2n) is 5.78. The summed E-state index contributed by atoms with van der Waals surface area (Å²) in [6, 6.07) is 7.02. The molecule has 6 nitrogen and oxygen atoms in total. The third-order valence-corrected chi connectivity index (χ3v) is 3.99. The van der Waals surface area contributed by atoms with Gasteiger partial charge in [-0.3, -0.25) is 4.79 Å². The Hall–Kier alpha value is -2.34. The average molecular weight is 365 g/mol. The molecule has 0 radical (unpaired) electrons. The zero-order valence-corrected chi connectivity index (χ0v) is 15.2. The van der Waals surface area contributed by atoms with Crippen molar-refractivity contribution in [1.82, 2.24) is 10.5 Å². The van der Waals surface area contributed by atoms with E-state index in [-0.39, 0.29) is 24.1 Å². The molecule has 0 saturated heterocycles. The molecule has 0 aliphatic heterocycles. The van der Waals surface area contributed by atoms with Crippen molar-refractivity contribution in [3.63, 3.8) is 0 Å². The fraction of sp³-hybridized carbons (Fsp3) is 0.389. The Morgan fingerprint density at radius 1 is 1.36 bits per heavy atom. The minimum atomic E-state index is -0.674. The number of rotatable bonds is 7. The van der Waals surface area contributed by atoms with Gasteiger partial charge in [0, 0.05) is 11.6 Å². The SMILES string of the molecule is CCC[C@@H](C)NC(=O)COC(=O)c1c(-c2ccccc2Cl)noc1C. The van der Waals surface area contributed by atoms with Crippen LogP contribution in [0.25, 0.3) is 11.3 Å². The third kappa shape index (κ3) is 4.82. The lowest BCUT2D eigenvalue weighted by atomic mass is 10.1. The average Bonchev–Trinajstić information content (AvgIpc) is 2.95. The van der Waals surface area contributed by atoms with Crippen LogP contribution in [0.1, 0.15) is 42.8 Å². The molecule has 2 aromatic rings. The zero-order chi connectivity index (χ0) is 18.4. The van der Waals surface area contributed by atoms with Crippen molar-refractivity contribution in [1.29, 1.82) is 0 Å². The van der Waals surface area contributed by atoms with Gasteiger partial charge in [-0.25, -0.2) is 4.79 Å². The number of hydrogen-bond donors (Lipinski definition) is 1. The molecule has 1 heterocycles. The molecule has 1 aromatic heterocycles. The fourth-order valence-corrected chi connectivity index (χ4v) is 2.70. The lowest BCUT2D eigenvalue weighted by Gasteiger charge is -2.12. The fourth-order valence-electron chi connectivity index (χ4n) is 2.47. The molecule has 2 rings (SSSR count). The van der Waals surface area contributed by atoms with Crippen LogP contribution >= 0.6 is 11.6 Å². The second kappa shape index (κ2) is 8.67. The summed E-state index contributed by atoms with van der Waals surface area (Å²) < 4.78 is 10.2. The van der Waals surface area contributed by atoms with Gasteiger partial charge >= 0.3 is 5.97 Å². The van der Waals surface area contributed by atoms with Gasteiger partial charge in [0.25, 0.3) is 5.91 Å². The first-order chi connectivity index (χ1) is 11.9. The summed E-state index contributed by atoms with van der Waals surface area (Å²) in [6.45, 7) is 5.18. The molecule has 1 N–H and O–H groups in total. The predicted octanol–water partition coefficient (Wildman–Crippen LogP) is 3.77. The minimum Gasteiger partial charge on any atom is -0.452 e. The van der Waals surface area contributed by atoms with E-state index in [9.17, 15) is 9.59 Å². The second-order valence-corrected chi connectivity index (χ2v) is 6.18. The Labute approximate surface area is 151 Å². The Bertz CT molecular complexity index is 757. The van der Waals surface area contributed by atoms with E-state index in [1.165, 1.54) is 0 Å². The maximum atomic E-state index is 12.4. The van der Waals surface area contributed by atoms with E-state index >= 15 is 0 Å². The molecule has 0 spiro atoms. The molecule has 25 heavy (non-hydrogen) atoms. The molecule has 134 valence electrons. The van der Waals surface area contributed by atoms with Crippen LogP contribution in [0.4, 0.5) is 0 Å². The van der Waals surface area contributed by atoms with Gasteiger partial charge in [0.05, 0.1) is 5.02 Å². The number of amides is 1. The molecule has 1 atom stereocenters.